The lowest BCUT2D eigenvalue weighted by Crippen LogP contribution is -2.07. The maximum atomic E-state index is 13.8. The summed E-state index contributed by atoms with van der Waals surface area (Å²) in [4.78, 5) is 8.17. The molecule has 0 spiro atoms. The number of rotatable bonds is 3. The second kappa shape index (κ2) is 5.61. The van der Waals surface area contributed by atoms with Gasteiger partial charge in [-0.15, -0.1) is 0 Å². The van der Waals surface area contributed by atoms with Gasteiger partial charge >= 0.3 is 0 Å². The lowest BCUT2D eigenvalue weighted by Gasteiger charge is -2.10. The average Bonchev–Trinajstić information content (AvgIpc) is 2.38. The molecule has 1 aromatic heterocycles. The van der Waals surface area contributed by atoms with Crippen LogP contribution in [-0.4, -0.2) is 16.5 Å². The van der Waals surface area contributed by atoms with Gasteiger partial charge in [0.1, 0.15) is 5.82 Å². The first-order valence-electron chi connectivity index (χ1n) is 5.76. The van der Waals surface area contributed by atoms with E-state index in [4.69, 9.17) is 0 Å². The van der Waals surface area contributed by atoms with E-state index < -0.39 is 11.6 Å². The first kappa shape index (κ1) is 13.9. The SMILES string of the molecule is CCNc1nc(-c2cc(F)ccc2Br)nc(C)c1F. The van der Waals surface area contributed by atoms with Gasteiger partial charge in [-0.25, -0.2) is 18.7 Å². The number of aromatic nitrogens is 2. The lowest BCUT2D eigenvalue weighted by atomic mass is 10.2. The van der Waals surface area contributed by atoms with Crippen LogP contribution >= 0.6 is 15.9 Å². The molecule has 1 aromatic carbocycles. The van der Waals surface area contributed by atoms with Crippen molar-refractivity contribution in [1.29, 1.82) is 0 Å². The fourth-order valence-electron chi connectivity index (χ4n) is 1.63. The molecule has 2 rings (SSSR count). The molecule has 0 saturated carbocycles. The topological polar surface area (TPSA) is 37.8 Å². The van der Waals surface area contributed by atoms with Gasteiger partial charge in [0.15, 0.2) is 17.5 Å². The predicted molar refractivity (Wildman–Crippen MR) is 74.0 cm³/mol. The Bertz CT molecular complexity index is 617. The molecule has 0 atom stereocenters. The van der Waals surface area contributed by atoms with Crippen molar-refractivity contribution in [1.82, 2.24) is 9.97 Å². The quantitative estimate of drug-likeness (QED) is 0.928. The Morgan fingerprint density at radius 2 is 2.00 bits per heavy atom. The molecule has 19 heavy (non-hydrogen) atoms. The zero-order valence-electron chi connectivity index (χ0n) is 10.5. The fraction of sp³-hybridized carbons (Fsp3) is 0.231. The molecule has 0 bridgehead atoms. The summed E-state index contributed by atoms with van der Waals surface area (Å²) in [6.45, 7) is 3.93. The molecule has 0 aliphatic rings. The summed E-state index contributed by atoms with van der Waals surface area (Å²) in [5.74, 6) is -0.478. The minimum atomic E-state index is -0.488. The highest BCUT2D eigenvalue weighted by molar-refractivity contribution is 9.10. The number of nitrogens with one attached hydrogen (secondary N) is 1. The number of benzene rings is 1. The molecule has 3 nitrogen and oxygen atoms in total. The van der Waals surface area contributed by atoms with Crippen LogP contribution in [0.15, 0.2) is 22.7 Å². The average molecular weight is 328 g/mol. The molecule has 100 valence electrons. The Morgan fingerprint density at radius 3 is 2.68 bits per heavy atom. The van der Waals surface area contributed by atoms with Gasteiger partial charge in [-0.1, -0.05) is 15.9 Å². The van der Waals surface area contributed by atoms with E-state index in [2.05, 4.69) is 31.2 Å². The van der Waals surface area contributed by atoms with E-state index >= 15 is 0 Å². The highest BCUT2D eigenvalue weighted by Gasteiger charge is 2.14. The van der Waals surface area contributed by atoms with Gasteiger partial charge in [0.05, 0.1) is 5.69 Å². The monoisotopic (exact) mass is 327 g/mol. The van der Waals surface area contributed by atoms with Crippen LogP contribution in [-0.2, 0) is 0 Å². The van der Waals surface area contributed by atoms with Gasteiger partial charge in [-0.3, -0.25) is 0 Å². The Balaban J connectivity index is 2.59. The van der Waals surface area contributed by atoms with Gasteiger partial charge in [-0.2, -0.15) is 0 Å². The van der Waals surface area contributed by atoms with E-state index in [9.17, 15) is 8.78 Å². The summed E-state index contributed by atoms with van der Waals surface area (Å²) in [5, 5.41) is 2.83. The summed E-state index contributed by atoms with van der Waals surface area (Å²) < 4.78 is 27.7. The van der Waals surface area contributed by atoms with Crippen molar-refractivity contribution in [2.24, 2.45) is 0 Å². The van der Waals surface area contributed by atoms with E-state index in [1.165, 1.54) is 12.1 Å². The van der Waals surface area contributed by atoms with Crippen molar-refractivity contribution in [3.05, 3.63) is 40.0 Å². The van der Waals surface area contributed by atoms with Crippen LogP contribution in [0.25, 0.3) is 11.4 Å². The highest BCUT2D eigenvalue weighted by atomic mass is 79.9. The van der Waals surface area contributed by atoms with Crippen molar-refractivity contribution in [2.45, 2.75) is 13.8 Å². The second-order valence-corrected chi connectivity index (χ2v) is 4.80. The molecule has 1 heterocycles. The van der Waals surface area contributed by atoms with Crippen LogP contribution < -0.4 is 5.32 Å². The molecule has 0 fully saturated rings. The van der Waals surface area contributed by atoms with Gasteiger partial charge in [-0.05, 0) is 32.0 Å². The first-order chi connectivity index (χ1) is 9.02. The Labute approximate surface area is 118 Å². The van der Waals surface area contributed by atoms with Crippen LogP contribution in [0.1, 0.15) is 12.6 Å². The molecule has 1 N–H and O–H groups in total. The minimum Gasteiger partial charge on any atom is -0.368 e. The molecule has 0 unspecified atom stereocenters. The number of hydrogen-bond acceptors (Lipinski definition) is 3. The van der Waals surface area contributed by atoms with Gasteiger partial charge < -0.3 is 5.32 Å². The third-order valence-electron chi connectivity index (χ3n) is 2.53. The first-order valence-corrected chi connectivity index (χ1v) is 6.55. The molecule has 0 aliphatic carbocycles. The summed E-state index contributed by atoms with van der Waals surface area (Å²) in [6.07, 6.45) is 0. The van der Waals surface area contributed by atoms with Gasteiger partial charge in [0.25, 0.3) is 0 Å². The normalized spacial score (nSPS) is 10.6. The molecule has 2 aromatic rings. The molecule has 0 amide bonds. The molecule has 6 heteroatoms. The molecule has 0 saturated heterocycles. The summed E-state index contributed by atoms with van der Waals surface area (Å²) >= 11 is 3.31. The number of aryl methyl sites for hydroxylation is 1. The maximum Gasteiger partial charge on any atom is 0.186 e. The third-order valence-corrected chi connectivity index (χ3v) is 3.22. The number of anilines is 1. The highest BCUT2D eigenvalue weighted by Crippen LogP contribution is 2.28. The smallest absolute Gasteiger partial charge is 0.186 e. The third kappa shape index (κ3) is 2.89. The van der Waals surface area contributed by atoms with Crippen LogP contribution in [0, 0.1) is 18.6 Å². The Morgan fingerprint density at radius 1 is 1.26 bits per heavy atom. The van der Waals surface area contributed by atoms with E-state index in [0.717, 1.165) is 0 Å². The van der Waals surface area contributed by atoms with Crippen molar-refractivity contribution >= 4 is 21.7 Å². The van der Waals surface area contributed by atoms with E-state index in [-0.39, 0.29) is 17.3 Å². The number of halogens is 3. The molecule has 0 aliphatic heterocycles. The predicted octanol–water partition coefficient (Wildman–Crippen LogP) is 3.92. The largest absolute Gasteiger partial charge is 0.368 e. The van der Waals surface area contributed by atoms with Crippen LogP contribution in [0.2, 0.25) is 0 Å². The fourth-order valence-corrected chi connectivity index (χ4v) is 2.06. The Kier molecular flexibility index (Phi) is 4.09. The summed E-state index contributed by atoms with van der Waals surface area (Å²) in [7, 11) is 0. The zero-order valence-corrected chi connectivity index (χ0v) is 12.1. The van der Waals surface area contributed by atoms with Crippen molar-refractivity contribution in [3.8, 4) is 11.4 Å². The van der Waals surface area contributed by atoms with E-state index in [1.807, 2.05) is 6.92 Å². The van der Waals surface area contributed by atoms with Crippen LogP contribution in [0.4, 0.5) is 14.6 Å². The van der Waals surface area contributed by atoms with Gasteiger partial charge in [0.2, 0.25) is 0 Å². The molecular formula is C13H12BrF2N3. The molecular weight excluding hydrogens is 316 g/mol. The van der Waals surface area contributed by atoms with Crippen molar-refractivity contribution in [2.75, 3.05) is 11.9 Å². The Hall–Kier alpha value is -1.56. The lowest BCUT2D eigenvalue weighted by molar-refractivity contribution is 0.606. The molecule has 0 radical (unpaired) electrons. The summed E-state index contributed by atoms with van der Waals surface area (Å²) in [6, 6.07) is 4.21. The van der Waals surface area contributed by atoms with Crippen LogP contribution in [0.5, 0.6) is 0 Å². The standard InChI is InChI=1S/C13H12BrF2N3/c1-3-17-13-11(16)7(2)18-12(19-13)9-6-8(15)4-5-10(9)14/h4-6H,3H2,1-2H3,(H,17,18,19). The number of nitrogens with zero attached hydrogens (tertiary/aromatic N) is 2. The van der Waals surface area contributed by atoms with Crippen molar-refractivity contribution in [3.63, 3.8) is 0 Å². The van der Waals surface area contributed by atoms with E-state index in [0.29, 0.717) is 16.6 Å². The van der Waals surface area contributed by atoms with Crippen molar-refractivity contribution < 1.29 is 8.78 Å². The van der Waals surface area contributed by atoms with Gasteiger partial charge in [0, 0.05) is 16.6 Å². The zero-order chi connectivity index (χ0) is 14.0. The number of hydrogen-bond donors (Lipinski definition) is 1. The maximum absolute atomic E-state index is 13.8. The minimum absolute atomic E-state index is 0.126. The summed E-state index contributed by atoms with van der Waals surface area (Å²) in [5.41, 5.74) is 0.708. The van der Waals surface area contributed by atoms with Crippen LogP contribution in [0.3, 0.4) is 0 Å². The van der Waals surface area contributed by atoms with E-state index in [1.54, 1.807) is 13.0 Å². The second-order valence-electron chi connectivity index (χ2n) is 3.95.